The molecule has 0 saturated carbocycles. The van der Waals surface area contributed by atoms with E-state index in [0.717, 1.165) is 6.42 Å². The van der Waals surface area contributed by atoms with E-state index in [1.165, 1.54) is 25.5 Å². The van der Waals surface area contributed by atoms with Gasteiger partial charge in [-0.15, -0.1) is 0 Å². The fraction of sp³-hybridized carbons (Fsp3) is 0.312. The number of nitrogens with one attached hydrogen (secondary N) is 3. The zero-order valence-electron chi connectivity index (χ0n) is 14.9. The van der Waals surface area contributed by atoms with E-state index in [1.807, 2.05) is 13.8 Å². The predicted molar refractivity (Wildman–Crippen MR) is 106 cm³/mol. The summed E-state index contributed by atoms with van der Waals surface area (Å²) in [7, 11) is -2.25. The molecule has 0 amide bonds. The summed E-state index contributed by atoms with van der Waals surface area (Å²) < 4.78 is 33.2. The quantitative estimate of drug-likeness (QED) is 0.501. The van der Waals surface area contributed by atoms with Crippen molar-refractivity contribution in [3.05, 3.63) is 29.1 Å². The van der Waals surface area contributed by atoms with Crippen LogP contribution in [0.15, 0.2) is 34.0 Å². The van der Waals surface area contributed by atoms with Crippen molar-refractivity contribution in [2.45, 2.75) is 31.3 Å². The third-order valence-corrected chi connectivity index (χ3v) is 5.98. The summed E-state index contributed by atoms with van der Waals surface area (Å²) in [5, 5.41) is 10.7. The molecule has 144 valence electrons. The van der Waals surface area contributed by atoms with Crippen molar-refractivity contribution in [1.82, 2.24) is 24.9 Å². The first-order valence-electron chi connectivity index (χ1n) is 8.21. The summed E-state index contributed by atoms with van der Waals surface area (Å²) in [6.07, 6.45) is 2.14. The number of H-pyrrole nitrogens is 1. The average molecular weight is 455 g/mol. The molecule has 3 rings (SSSR count). The Morgan fingerprint density at radius 1 is 1.33 bits per heavy atom. The highest BCUT2D eigenvalue weighted by atomic mass is 79.9. The van der Waals surface area contributed by atoms with Crippen LogP contribution in [0.4, 0.5) is 11.5 Å². The van der Waals surface area contributed by atoms with Gasteiger partial charge in [-0.05, 0) is 54.5 Å². The lowest BCUT2D eigenvalue weighted by molar-refractivity contribution is 0.218. The highest BCUT2D eigenvalue weighted by molar-refractivity contribution is 9.10. The topological polar surface area (TPSA) is 122 Å². The smallest absolute Gasteiger partial charge is 0.240 e. The van der Waals surface area contributed by atoms with E-state index in [4.69, 9.17) is 4.74 Å². The first-order chi connectivity index (χ1) is 12.9. The molecule has 0 radical (unpaired) electrons. The minimum absolute atomic E-state index is 0.0385. The number of fused-ring (bicyclic) bond motifs is 1. The summed E-state index contributed by atoms with van der Waals surface area (Å²) in [6.45, 7) is 3.95. The SMILES string of the molecule is CCC(C)Oc1ccc(S(=O)(=O)NC)cc1Nc1ncnc2n[nH]c(Br)c12. The first kappa shape index (κ1) is 19.5. The lowest BCUT2D eigenvalue weighted by atomic mass is 10.2. The number of nitrogens with zero attached hydrogens (tertiary/aromatic N) is 3. The Morgan fingerprint density at radius 3 is 2.81 bits per heavy atom. The number of anilines is 2. The molecule has 0 bridgehead atoms. The molecule has 0 fully saturated rings. The number of hydrogen-bond donors (Lipinski definition) is 3. The van der Waals surface area contributed by atoms with Crippen molar-refractivity contribution in [1.29, 1.82) is 0 Å². The highest BCUT2D eigenvalue weighted by Gasteiger charge is 2.18. The number of sulfonamides is 1. The normalized spacial score (nSPS) is 12.9. The molecule has 11 heteroatoms. The van der Waals surface area contributed by atoms with Gasteiger partial charge in [0, 0.05) is 0 Å². The van der Waals surface area contributed by atoms with Gasteiger partial charge in [-0.3, -0.25) is 5.10 Å². The van der Waals surface area contributed by atoms with Crippen molar-refractivity contribution in [2.75, 3.05) is 12.4 Å². The Kier molecular flexibility index (Phi) is 5.63. The largest absolute Gasteiger partial charge is 0.489 e. The van der Waals surface area contributed by atoms with Crippen LogP contribution in [0, 0.1) is 0 Å². The molecule has 3 N–H and O–H groups in total. The number of rotatable bonds is 7. The standard InChI is InChI=1S/C16H19BrN6O3S/c1-4-9(2)26-12-6-5-10(27(24,25)18-3)7-11(12)21-15-13-14(17)22-23-16(13)20-8-19-15/h5-9,18H,4H2,1-3H3,(H2,19,20,21,22,23). The Balaban J connectivity index is 2.10. The molecule has 9 nitrogen and oxygen atoms in total. The second-order valence-corrected chi connectivity index (χ2v) is 8.47. The lowest BCUT2D eigenvalue weighted by Gasteiger charge is -2.18. The Morgan fingerprint density at radius 2 is 2.11 bits per heavy atom. The number of hydrogen-bond acceptors (Lipinski definition) is 7. The van der Waals surface area contributed by atoms with Gasteiger partial charge in [-0.1, -0.05) is 6.92 Å². The van der Waals surface area contributed by atoms with Crippen LogP contribution in [-0.4, -0.2) is 41.7 Å². The van der Waals surface area contributed by atoms with Crippen molar-refractivity contribution in [3.63, 3.8) is 0 Å². The van der Waals surface area contributed by atoms with E-state index in [2.05, 4.69) is 46.1 Å². The summed E-state index contributed by atoms with van der Waals surface area (Å²) in [6, 6.07) is 4.63. The molecule has 0 spiro atoms. The number of halogens is 1. The third kappa shape index (κ3) is 4.04. The van der Waals surface area contributed by atoms with Crippen LogP contribution >= 0.6 is 15.9 Å². The molecular weight excluding hydrogens is 436 g/mol. The summed E-state index contributed by atoms with van der Waals surface area (Å²) in [4.78, 5) is 8.46. The van der Waals surface area contributed by atoms with E-state index >= 15 is 0 Å². The summed E-state index contributed by atoms with van der Waals surface area (Å²) in [5.41, 5.74) is 0.947. The highest BCUT2D eigenvalue weighted by Crippen LogP contribution is 2.34. The van der Waals surface area contributed by atoms with Crippen LogP contribution in [-0.2, 0) is 10.0 Å². The molecule has 2 aromatic heterocycles. The molecule has 0 aliphatic heterocycles. The molecule has 0 saturated heterocycles. The minimum Gasteiger partial charge on any atom is -0.489 e. The van der Waals surface area contributed by atoms with Crippen LogP contribution in [0.25, 0.3) is 11.0 Å². The fourth-order valence-electron chi connectivity index (χ4n) is 2.34. The summed E-state index contributed by atoms with van der Waals surface area (Å²) >= 11 is 3.38. The van der Waals surface area contributed by atoms with Gasteiger partial charge >= 0.3 is 0 Å². The van der Waals surface area contributed by atoms with Gasteiger partial charge in [-0.25, -0.2) is 23.1 Å². The van der Waals surface area contributed by atoms with Crippen LogP contribution in [0.5, 0.6) is 5.75 Å². The summed E-state index contributed by atoms with van der Waals surface area (Å²) in [5.74, 6) is 0.986. The van der Waals surface area contributed by atoms with E-state index in [1.54, 1.807) is 6.07 Å². The zero-order valence-corrected chi connectivity index (χ0v) is 17.3. The number of aromatic amines is 1. The first-order valence-corrected chi connectivity index (χ1v) is 10.5. The third-order valence-electron chi connectivity index (χ3n) is 3.99. The molecule has 2 heterocycles. The maximum atomic E-state index is 12.2. The van der Waals surface area contributed by atoms with Gasteiger partial charge in [0.1, 0.15) is 22.5 Å². The van der Waals surface area contributed by atoms with Crippen molar-refractivity contribution in [2.24, 2.45) is 0 Å². The monoisotopic (exact) mass is 454 g/mol. The maximum Gasteiger partial charge on any atom is 0.240 e. The molecule has 0 aliphatic rings. The van der Waals surface area contributed by atoms with Crippen LogP contribution in [0.2, 0.25) is 0 Å². The second-order valence-electron chi connectivity index (χ2n) is 5.79. The van der Waals surface area contributed by atoms with Gasteiger partial charge in [0.05, 0.1) is 22.1 Å². The lowest BCUT2D eigenvalue weighted by Crippen LogP contribution is -2.19. The molecular formula is C16H19BrN6O3S. The van der Waals surface area contributed by atoms with Gasteiger partial charge in [0.2, 0.25) is 10.0 Å². The maximum absolute atomic E-state index is 12.2. The van der Waals surface area contributed by atoms with Crippen LogP contribution < -0.4 is 14.8 Å². The van der Waals surface area contributed by atoms with Crippen LogP contribution in [0.3, 0.4) is 0 Å². The van der Waals surface area contributed by atoms with Crippen molar-refractivity contribution < 1.29 is 13.2 Å². The molecule has 1 aromatic carbocycles. The molecule has 3 aromatic rings. The van der Waals surface area contributed by atoms with Gasteiger partial charge in [0.25, 0.3) is 0 Å². The number of benzene rings is 1. The van der Waals surface area contributed by atoms with Crippen molar-refractivity contribution in [3.8, 4) is 5.75 Å². The molecule has 27 heavy (non-hydrogen) atoms. The van der Waals surface area contributed by atoms with E-state index in [9.17, 15) is 8.42 Å². The van der Waals surface area contributed by atoms with Gasteiger partial charge < -0.3 is 10.1 Å². The average Bonchev–Trinajstić information content (AvgIpc) is 3.05. The van der Waals surface area contributed by atoms with Crippen molar-refractivity contribution >= 4 is 48.5 Å². The van der Waals surface area contributed by atoms with E-state index < -0.39 is 10.0 Å². The van der Waals surface area contributed by atoms with E-state index in [-0.39, 0.29) is 11.0 Å². The molecule has 1 atom stereocenters. The minimum atomic E-state index is -3.61. The predicted octanol–water partition coefficient (Wildman–Crippen LogP) is 2.94. The molecule has 1 unspecified atom stereocenters. The Hall–Kier alpha value is -2.24. The van der Waals surface area contributed by atoms with Gasteiger partial charge in [-0.2, -0.15) is 5.10 Å². The molecule has 0 aliphatic carbocycles. The Labute approximate surface area is 165 Å². The number of aromatic nitrogens is 4. The number of ether oxygens (including phenoxy) is 1. The zero-order chi connectivity index (χ0) is 19.6. The van der Waals surface area contributed by atoms with E-state index in [0.29, 0.717) is 32.9 Å². The second kappa shape index (κ2) is 7.79. The fourth-order valence-corrected chi connectivity index (χ4v) is 3.55. The van der Waals surface area contributed by atoms with Gasteiger partial charge in [0.15, 0.2) is 5.65 Å². The van der Waals surface area contributed by atoms with Crippen LogP contribution in [0.1, 0.15) is 20.3 Å². The Bertz CT molecular complexity index is 1070.